The highest BCUT2D eigenvalue weighted by molar-refractivity contribution is 6.15. The highest BCUT2D eigenvalue weighted by atomic mass is 16.2. The summed E-state index contributed by atoms with van der Waals surface area (Å²) < 4.78 is 0. The maximum absolute atomic E-state index is 12.7. The van der Waals surface area contributed by atoms with Gasteiger partial charge < -0.3 is 5.32 Å². The lowest BCUT2D eigenvalue weighted by Crippen LogP contribution is -2.36. The molecule has 3 heteroatoms. The smallest absolute Gasteiger partial charge is 0.252 e. The van der Waals surface area contributed by atoms with E-state index in [2.05, 4.69) is 5.32 Å². The van der Waals surface area contributed by atoms with E-state index in [1.165, 1.54) is 6.42 Å². The summed E-state index contributed by atoms with van der Waals surface area (Å²) in [7, 11) is 0. The van der Waals surface area contributed by atoms with Crippen LogP contribution in [-0.4, -0.2) is 17.7 Å². The number of rotatable bonds is 4. The van der Waals surface area contributed by atoms with Crippen molar-refractivity contribution >= 4 is 11.7 Å². The van der Waals surface area contributed by atoms with Crippen molar-refractivity contribution in [3.8, 4) is 0 Å². The second-order valence-electron chi connectivity index (χ2n) is 6.05. The zero-order valence-corrected chi connectivity index (χ0v) is 13.1. The van der Waals surface area contributed by atoms with Crippen LogP contribution in [0.5, 0.6) is 0 Å². The van der Waals surface area contributed by atoms with Gasteiger partial charge in [-0.05, 0) is 18.9 Å². The maximum Gasteiger partial charge on any atom is 0.252 e. The van der Waals surface area contributed by atoms with E-state index in [4.69, 9.17) is 0 Å². The zero-order chi connectivity index (χ0) is 16.1. The Morgan fingerprint density at radius 3 is 2.09 bits per heavy atom. The summed E-state index contributed by atoms with van der Waals surface area (Å²) in [4.78, 5) is 25.3. The summed E-state index contributed by atoms with van der Waals surface area (Å²) in [6.07, 6.45) is 5.63. The molecule has 2 aromatic rings. The Hall–Kier alpha value is -2.42. The van der Waals surface area contributed by atoms with Crippen molar-refractivity contribution in [3.05, 3.63) is 71.3 Å². The number of carbonyl (C=O) groups is 2. The number of carbonyl (C=O) groups excluding carboxylic acids is 2. The fourth-order valence-electron chi connectivity index (χ4n) is 3.13. The Kier molecular flexibility index (Phi) is 4.86. The standard InChI is InChI=1S/C20H21NO2/c22-19(15-9-3-1-4-10-15)17-13-7-8-14-18(17)20(23)21-16-11-5-2-6-12-16/h1,3-4,7-10,13-14,16H,2,5-6,11-12H2,(H,21,23). The summed E-state index contributed by atoms with van der Waals surface area (Å²) in [6.45, 7) is 0. The van der Waals surface area contributed by atoms with E-state index in [1.807, 2.05) is 18.2 Å². The first-order valence-corrected chi connectivity index (χ1v) is 8.25. The Bertz CT molecular complexity index is 688. The van der Waals surface area contributed by atoms with Crippen LogP contribution in [0, 0.1) is 0 Å². The number of benzene rings is 2. The van der Waals surface area contributed by atoms with E-state index >= 15 is 0 Å². The topological polar surface area (TPSA) is 46.2 Å². The molecule has 23 heavy (non-hydrogen) atoms. The first-order chi connectivity index (χ1) is 11.3. The quantitative estimate of drug-likeness (QED) is 0.868. The van der Waals surface area contributed by atoms with Gasteiger partial charge in [-0.2, -0.15) is 0 Å². The molecular formula is C20H21NO2. The largest absolute Gasteiger partial charge is 0.349 e. The minimum atomic E-state index is -0.142. The molecule has 0 radical (unpaired) electrons. The molecule has 0 bridgehead atoms. The van der Waals surface area contributed by atoms with Gasteiger partial charge in [0.25, 0.3) is 5.91 Å². The van der Waals surface area contributed by atoms with Crippen molar-refractivity contribution in [3.63, 3.8) is 0 Å². The molecule has 0 spiro atoms. The summed E-state index contributed by atoms with van der Waals surface area (Å²) in [5, 5.41) is 3.09. The highest BCUT2D eigenvalue weighted by Gasteiger charge is 2.21. The van der Waals surface area contributed by atoms with E-state index < -0.39 is 0 Å². The number of amides is 1. The van der Waals surface area contributed by atoms with E-state index in [0.717, 1.165) is 25.7 Å². The SMILES string of the molecule is O=C(NC1CCCCC1)c1ccccc1C(=O)c1ccccc1. The molecule has 0 atom stereocenters. The molecule has 1 aliphatic rings. The maximum atomic E-state index is 12.7. The van der Waals surface area contributed by atoms with Gasteiger partial charge in [-0.1, -0.05) is 67.8 Å². The monoisotopic (exact) mass is 307 g/mol. The molecule has 2 aromatic carbocycles. The zero-order valence-electron chi connectivity index (χ0n) is 13.1. The lowest BCUT2D eigenvalue weighted by Gasteiger charge is -2.23. The first-order valence-electron chi connectivity index (χ1n) is 8.25. The van der Waals surface area contributed by atoms with Gasteiger partial charge in [0.15, 0.2) is 5.78 Å². The van der Waals surface area contributed by atoms with Crippen molar-refractivity contribution in [2.45, 2.75) is 38.1 Å². The third-order valence-electron chi connectivity index (χ3n) is 4.39. The lowest BCUT2D eigenvalue weighted by molar-refractivity contribution is 0.0918. The molecule has 0 heterocycles. The van der Waals surface area contributed by atoms with Gasteiger partial charge in [0.05, 0.1) is 5.56 Å². The molecule has 1 fully saturated rings. The number of ketones is 1. The molecule has 0 saturated heterocycles. The van der Waals surface area contributed by atoms with Crippen LogP contribution in [0.25, 0.3) is 0 Å². The molecule has 0 aliphatic heterocycles. The molecule has 1 aliphatic carbocycles. The molecule has 1 N–H and O–H groups in total. The van der Waals surface area contributed by atoms with Crippen molar-refractivity contribution in [1.29, 1.82) is 0 Å². The number of hydrogen-bond acceptors (Lipinski definition) is 2. The lowest BCUT2D eigenvalue weighted by atomic mass is 9.94. The average molecular weight is 307 g/mol. The predicted molar refractivity (Wildman–Crippen MR) is 90.7 cm³/mol. The summed E-state index contributed by atoms with van der Waals surface area (Å²) in [6, 6.07) is 16.4. The van der Waals surface area contributed by atoms with Gasteiger partial charge in [0.2, 0.25) is 0 Å². The Balaban J connectivity index is 1.82. The first kappa shape index (κ1) is 15.5. The van der Waals surface area contributed by atoms with Gasteiger partial charge in [-0.3, -0.25) is 9.59 Å². The summed E-state index contributed by atoms with van der Waals surface area (Å²) >= 11 is 0. The van der Waals surface area contributed by atoms with Crippen molar-refractivity contribution in [2.75, 3.05) is 0 Å². The van der Waals surface area contributed by atoms with Crippen molar-refractivity contribution in [1.82, 2.24) is 5.32 Å². The highest BCUT2D eigenvalue weighted by Crippen LogP contribution is 2.19. The van der Waals surface area contributed by atoms with Gasteiger partial charge in [0.1, 0.15) is 0 Å². The van der Waals surface area contributed by atoms with Crippen LogP contribution in [0.3, 0.4) is 0 Å². The molecule has 1 saturated carbocycles. The van der Waals surface area contributed by atoms with E-state index in [0.29, 0.717) is 16.7 Å². The average Bonchev–Trinajstić information content (AvgIpc) is 2.62. The van der Waals surface area contributed by atoms with E-state index in [-0.39, 0.29) is 17.7 Å². The second kappa shape index (κ2) is 7.23. The summed E-state index contributed by atoms with van der Waals surface area (Å²) in [5.74, 6) is -0.253. The minimum absolute atomic E-state index is 0.111. The summed E-state index contributed by atoms with van der Waals surface area (Å²) in [5.41, 5.74) is 1.53. The van der Waals surface area contributed by atoms with Gasteiger partial charge >= 0.3 is 0 Å². The van der Waals surface area contributed by atoms with Crippen LogP contribution in [0.1, 0.15) is 58.4 Å². The molecule has 0 unspecified atom stereocenters. The Morgan fingerprint density at radius 2 is 1.39 bits per heavy atom. The van der Waals surface area contributed by atoms with Crippen LogP contribution in [-0.2, 0) is 0 Å². The molecular weight excluding hydrogens is 286 g/mol. The van der Waals surface area contributed by atoms with Crippen LogP contribution < -0.4 is 5.32 Å². The van der Waals surface area contributed by atoms with Crippen molar-refractivity contribution in [2.24, 2.45) is 0 Å². The normalized spacial score (nSPS) is 15.1. The van der Waals surface area contributed by atoms with E-state index in [1.54, 1.807) is 36.4 Å². The molecule has 0 aromatic heterocycles. The Morgan fingerprint density at radius 1 is 0.783 bits per heavy atom. The number of nitrogens with one attached hydrogen (secondary N) is 1. The Labute approximate surface area is 136 Å². The predicted octanol–water partition coefficient (Wildman–Crippen LogP) is 3.98. The van der Waals surface area contributed by atoms with Crippen LogP contribution in [0.15, 0.2) is 54.6 Å². The molecule has 3 nitrogen and oxygen atoms in total. The number of hydrogen-bond donors (Lipinski definition) is 1. The van der Waals surface area contributed by atoms with Gasteiger partial charge in [0, 0.05) is 17.2 Å². The molecule has 3 rings (SSSR count). The van der Waals surface area contributed by atoms with Gasteiger partial charge in [-0.25, -0.2) is 0 Å². The molecule has 118 valence electrons. The fraction of sp³-hybridized carbons (Fsp3) is 0.300. The van der Waals surface area contributed by atoms with Crippen LogP contribution in [0.4, 0.5) is 0 Å². The fourth-order valence-corrected chi connectivity index (χ4v) is 3.13. The second-order valence-corrected chi connectivity index (χ2v) is 6.05. The van der Waals surface area contributed by atoms with Crippen molar-refractivity contribution < 1.29 is 9.59 Å². The van der Waals surface area contributed by atoms with Gasteiger partial charge in [-0.15, -0.1) is 0 Å². The third-order valence-corrected chi connectivity index (χ3v) is 4.39. The minimum Gasteiger partial charge on any atom is -0.349 e. The molecule has 1 amide bonds. The van der Waals surface area contributed by atoms with E-state index in [9.17, 15) is 9.59 Å². The van der Waals surface area contributed by atoms with Crippen LogP contribution in [0.2, 0.25) is 0 Å². The third kappa shape index (κ3) is 3.67. The van der Waals surface area contributed by atoms with Crippen LogP contribution >= 0.6 is 0 Å².